The Bertz CT molecular complexity index is 906. The van der Waals surface area contributed by atoms with E-state index in [2.05, 4.69) is 15.2 Å². The number of aromatic nitrogens is 2. The predicted molar refractivity (Wildman–Crippen MR) is 107 cm³/mol. The summed E-state index contributed by atoms with van der Waals surface area (Å²) in [5.74, 6) is 1.23. The monoisotopic (exact) mass is 358 g/mol. The average molecular weight is 358 g/mol. The summed E-state index contributed by atoms with van der Waals surface area (Å²) < 4.78 is 0. The Kier molecular flexibility index (Phi) is 5.10. The summed E-state index contributed by atoms with van der Waals surface area (Å²) >= 11 is 0. The second-order valence-corrected chi connectivity index (χ2v) is 6.66. The van der Waals surface area contributed by atoms with Gasteiger partial charge in [-0.3, -0.25) is 4.79 Å². The lowest BCUT2D eigenvalue weighted by molar-refractivity contribution is 0.0946. The van der Waals surface area contributed by atoms with Crippen LogP contribution in [0.4, 0.5) is 5.82 Å². The fraction of sp³-hybridized carbons (Fsp3) is 0.227. The van der Waals surface area contributed by atoms with E-state index in [-0.39, 0.29) is 5.91 Å². The molecule has 2 aromatic carbocycles. The summed E-state index contributed by atoms with van der Waals surface area (Å²) in [6.45, 7) is 2.41. The first-order valence-electron chi connectivity index (χ1n) is 9.31. The van der Waals surface area contributed by atoms with Gasteiger partial charge >= 0.3 is 0 Å². The van der Waals surface area contributed by atoms with E-state index in [1.807, 2.05) is 60.7 Å². The lowest BCUT2D eigenvalue weighted by Gasteiger charge is -2.18. The standard InChI is InChI=1S/C22H22N4O/c27-22(23-16-17-9-3-1-4-10-17)19-15-20(26-13-7-8-14-26)25-21(24-19)18-11-5-2-6-12-18/h1-6,9-12,15H,7-8,13-14,16H2,(H,23,27). The van der Waals surface area contributed by atoms with Crippen LogP contribution >= 0.6 is 0 Å². The molecule has 5 heteroatoms. The number of nitrogens with one attached hydrogen (secondary N) is 1. The molecule has 0 atom stereocenters. The van der Waals surface area contributed by atoms with Crippen LogP contribution in [0.25, 0.3) is 11.4 Å². The van der Waals surface area contributed by atoms with E-state index in [1.54, 1.807) is 6.07 Å². The van der Waals surface area contributed by atoms with Crippen LogP contribution in [0.15, 0.2) is 66.7 Å². The van der Waals surface area contributed by atoms with Gasteiger partial charge in [0.25, 0.3) is 5.91 Å². The molecule has 1 aromatic heterocycles. The van der Waals surface area contributed by atoms with E-state index in [0.717, 1.165) is 42.9 Å². The van der Waals surface area contributed by atoms with E-state index in [0.29, 0.717) is 18.1 Å². The maximum absolute atomic E-state index is 12.7. The average Bonchev–Trinajstić information content (AvgIpc) is 3.28. The molecule has 2 heterocycles. The number of hydrogen-bond donors (Lipinski definition) is 1. The van der Waals surface area contributed by atoms with Crippen molar-refractivity contribution in [3.05, 3.63) is 78.0 Å². The van der Waals surface area contributed by atoms with Crippen LogP contribution < -0.4 is 10.2 Å². The van der Waals surface area contributed by atoms with Crippen molar-refractivity contribution in [2.45, 2.75) is 19.4 Å². The van der Waals surface area contributed by atoms with Crippen molar-refractivity contribution in [3.63, 3.8) is 0 Å². The second-order valence-electron chi connectivity index (χ2n) is 6.66. The van der Waals surface area contributed by atoms with E-state index in [9.17, 15) is 4.79 Å². The van der Waals surface area contributed by atoms with Gasteiger partial charge in [-0.25, -0.2) is 9.97 Å². The van der Waals surface area contributed by atoms with E-state index in [4.69, 9.17) is 4.98 Å². The maximum Gasteiger partial charge on any atom is 0.270 e. The van der Waals surface area contributed by atoms with Crippen LogP contribution in [0.1, 0.15) is 28.9 Å². The van der Waals surface area contributed by atoms with Crippen molar-refractivity contribution >= 4 is 11.7 Å². The van der Waals surface area contributed by atoms with E-state index >= 15 is 0 Å². The zero-order valence-corrected chi connectivity index (χ0v) is 15.1. The highest BCUT2D eigenvalue weighted by Crippen LogP contribution is 2.23. The summed E-state index contributed by atoms with van der Waals surface area (Å²) in [5, 5.41) is 2.96. The summed E-state index contributed by atoms with van der Waals surface area (Å²) in [6.07, 6.45) is 2.31. The predicted octanol–water partition coefficient (Wildman–Crippen LogP) is 3.67. The number of hydrogen-bond acceptors (Lipinski definition) is 4. The molecule has 4 rings (SSSR count). The number of anilines is 1. The zero-order valence-electron chi connectivity index (χ0n) is 15.1. The third kappa shape index (κ3) is 4.14. The fourth-order valence-electron chi connectivity index (χ4n) is 3.24. The number of carbonyl (C=O) groups is 1. The Morgan fingerprint density at radius 2 is 1.59 bits per heavy atom. The molecular weight excluding hydrogens is 336 g/mol. The molecule has 136 valence electrons. The third-order valence-electron chi connectivity index (χ3n) is 4.70. The Morgan fingerprint density at radius 1 is 0.926 bits per heavy atom. The smallest absolute Gasteiger partial charge is 0.270 e. The van der Waals surface area contributed by atoms with Gasteiger partial charge < -0.3 is 10.2 Å². The van der Waals surface area contributed by atoms with Crippen LogP contribution in [0, 0.1) is 0 Å². The van der Waals surface area contributed by atoms with Gasteiger partial charge in [-0.05, 0) is 18.4 Å². The molecule has 0 bridgehead atoms. The molecule has 1 amide bonds. The first kappa shape index (κ1) is 17.2. The van der Waals surface area contributed by atoms with Gasteiger partial charge in [-0.1, -0.05) is 60.7 Å². The minimum absolute atomic E-state index is 0.182. The molecule has 1 N–H and O–H groups in total. The van der Waals surface area contributed by atoms with Crippen molar-refractivity contribution in [2.75, 3.05) is 18.0 Å². The fourth-order valence-corrected chi connectivity index (χ4v) is 3.24. The Balaban J connectivity index is 1.62. The number of amides is 1. The van der Waals surface area contributed by atoms with E-state index < -0.39 is 0 Å². The summed E-state index contributed by atoms with van der Waals surface area (Å²) in [7, 11) is 0. The van der Waals surface area contributed by atoms with Gasteiger partial charge in [-0.2, -0.15) is 0 Å². The highest BCUT2D eigenvalue weighted by molar-refractivity contribution is 5.93. The Hall–Kier alpha value is -3.21. The highest BCUT2D eigenvalue weighted by Gasteiger charge is 2.19. The van der Waals surface area contributed by atoms with Gasteiger partial charge in [0.1, 0.15) is 11.5 Å². The van der Waals surface area contributed by atoms with Crippen molar-refractivity contribution < 1.29 is 4.79 Å². The van der Waals surface area contributed by atoms with Gasteiger partial charge in [-0.15, -0.1) is 0 Å². The SMILES string of the molecule is O=C(NCc1ccccc1)c1cc(N2CCCC2)nc(-c2ccccc2)n1. The van der Waals surface area contributed by atoms with Crippen molar-refractivity contribution in [2.24, 2.45) is 0 Å². The molecule has 1 aliphatic heterocycles. The molecule has 0 aliphatic carbocycles. The minimum atomic E-state index is -0.182. The Labute approximate surface area is 159 Å². The molecule has 5 nitrogen and oxygen atoms in total. The molecule has 1 fully saturated rings. The van der Waals surface area contributed by atoms with Crippen molar-refractivity contribution in [1.82, 2.24) is 15.3 Å². The maximum atomic E-state index is 12.7. The van der Waals surface area contributed by atoms with Crippen molar-refractivity contribution in [1.29, 1.82) is 0 Å². The molecule has 27 heavy (non-hydrogen) atoms. The molecule has 3 aromatic rings. The second kappa shape index (κ2) is 7.99. The molecule has 0 radical (unpaired) electrons. The van der Waals surface area contributed by atoms with Crippen LogP contribution in [-0.2, 0) is 6.54 Å². The van der Waals surface area contributed by atoms with Crippen molar-refractivity contribution in [3.8, 4) is 11.4 Å². The lowest BCUT2D eigenvalue weighted by Crippen LogP contribution is -2.26. The number of nitrogens with zero attached hydrogens (tertiary/aromatic N) is 3. The van der Waals surface area contributed by atoms with Crippen LogP contribution in [-0.4, -0.2) is 29.0 Å². The highest BCUT2D eigenvalue weighted by atomic mass is 16.1. The van der Waals surface area contributed by atoms with Gasteiger partial charge in [0.05, 0.1) is 0 Å². The van der Waals surface area contributed by atoms with E-state index in [1.165, 1.54) is 0 Å². The first-order valence-corrected chi connectivity index (χ1v) is 9.31. The van der Waals surface area contributed by atoms with Gasteiger partial charge in [0.2, 0.25) is 0 Å². The van der Waals surface area contributed by atoms with Crippen LogP contribution in [0.3, 0.4) is 0 Å². The number of rotatable bonds is 5. The first-order chi connectivity index (χ1) is 13.3. The minimum Gasteiger partial charge on any atom is -0.356 e. The molecule has 1 aliphatic rings. The number of carbonyl (C=O) groups excluding carboxylic acids is 1. The normalized spacial score (nSPS) is 13.6. The summed E-state index contributed by atoms with van der Waals surface area (Å²) in [4.78, 5) is 24.2. The van der Waals surface area contributed by atoms with Gasteiger partial charge in [0.15, 0.2) is 5.82 Å². The Morgan fingerprint density at radius 3 is 2.30 bits per heavy atom. The third-order valence-corrected chi connectivity index (χ3v) is 4.70. The molecular formula is C22H22N4O. The molecule has 0 unspecified atom stereocenters. The molecule has 0 spiro atoms. The van der Waals surface area contributed by atoms with Gasteiger partial charge in [0, 0.05) is 31.3 Å². The number of benzene rings is 2. The topological polar surface area (TPSA) is 58.1 Å². The largest absolute Gasteiger partial charge is 0.356 e. The van der Waals surface area contributed by atoms with Crippen LogP contribution in [0.5, 0.6) is 0 Å². The molecule has 0 saturated carbocycles. The quantitative estimate of drug-likeness (QED) is 0.756. The zero-order chi connectivity index (χ0) is 18.5. The lowest BCUT2D eigenvalue weighted by atomic mass is 10.2. The summed E-state index contributed by atoms with van der Waals surface area (Å²) in [5.41, 5.74) is 2.38. The summed E-state index contributed by atoms with van der Waals surface area (Å²) in [6, 6.07) is 21.5. The van der Waals surface area contributed by atoms with Crippen LogP contribution in [0.2, 0.25) is 0 Å². The molecule has 1 saturated heterocycles.